The largest absolute Gasteiger partial charge is 0.481 e. The van der Waals surface area contributed by atoms with E-state index in [2.05, 4.69) is 4.98 Å². The third-order valence-corrected chi connectivity index (χ3v) is 3.45. The average Bonchev–Trinajstić information content (AvgIpc) is 2.38. The van der Waals surface area contributed by atoms with Crippen molar-refractivity contribution in [2.24, 2.45) is 0 Å². The number of nitrogens with zero attached hydrogens (tertiary/aromatic N) is 2. The number of hydrogen-bond donors (Lipinski definition) is 1. The quantitative estimate of drug-likeness (QED) is 0.854. The lowest BCUT2D eigenvalue weighted by Gasteiger charge is -2.21. The van der Waals surface area contributed by atoms with Crippen LogP contribution in [0.1, 0.15) is 57.1 Å². The van der Waals surface area contributed by atoms with E-state index in [1.54, 1.807) is 4.57 Å². The Balaban J connectivity index is 3.57. The highest BCUT2D eigenvalue weighted by Gasteiger charge is 2.19. The number of hydrogen-bond acceptors (Lipinski definition) is 3. The van der Waals surface area contributed by atoms with E-state index in [0.29, 0.717) is 24.1 Å². The second-order valence-electron chi connectivity index (χ2n) is 4.67. The van der Waals surface area contributed by atoms with Crippen molar-refractivity contribution in [1.29, 1.82) is 0 Å². The number of carboxylic acids is 1. The molecule has 0 amide bonds. The maximum absolute atomic E-state index is 12.1. The van der Waals surface area contributed by atoms with Gasteiger partial charge in [0, 0.05) is 17.3 Å². The zero-order chi connectivity index (χ0) is 14.6. The SMILES string of the molecule is CCc1nc(=O)n(C(C)CC)c(CC)c1CC(=O)O. The van der Waals surface area contributed by atoms with Gasteiger partial charge in [0.15, 0.2) is 0 Å². The smallest absolute Gasteiger partial charge is 0.348 e. The van der Waals surface area contributed by atoms with Crippen molar-refractivity contribution in [1.82, 2.24) is 9.55 Å². The molecule has 1 aromatic heterocycles. The molecule has 0 saturated heterocycles. The van der Waals surface area contributed by atoms with Gasteiger partial charge in [-0.15, -0.1) is 0 Å². The molecular formula is C14H22N2O3. The Labute approximate surface area is 113 Å². The van der Waals surface area contributed by atoms with Crippen molar-refractivity contribution in [3.8, 4) is 0 Å². The highest BCUT2D eigenvalue weighted by Crippen LogP contribution is 2.18. The zero-order valence-electron chi connectivity index (χ0n) is 12.1. The normalized spacial score (nSPS) is 12.4. The maximum Gasteiger partial charge on any atom is 0.348 e. The summed E-state index contributed by atoms with van der Waals surface area (Å²) in [4.78, 5) is 27.2. The summed E-state index contributed by atoms with van der Waals surface area (Å²) in [7, 11) is 0. The third kappa shape index (κ3) is 3.22. The second kappa shape index (κ2) is 6.50. The van der Waals surface area contributed by atoms with E-state index in [4.69, 9.17) is 5.11 Å². The lowest BCUT2D eigenvalue weighted by atomic mass is 10.0. The average molecular weight is 266 g/mol. The fourth-order valence-electron chi connectivity index (χ4n) is 2.33. The molecule has 1 unspecified atom stereocenters. The predicted molar refractivity (Wildman–Crippen MR) is 73.6 cm³/mol. The van der Waals surface area contributed by atoms with Gasteiger partial charge in [0.1, 0.15) is 0 Å². The summed E-state index contributed by atoms with van der Waals surface area (Å²) < 4.78 is 1.65. The van der Waals surface area contributed by atoms with Crippen molar-refractivity contribution < 1.29 is 9.90 Å². The standard InChI is InChI=1S/C14H22N2O3/c1-5-9(4)16-12(7-3)10(8-13(17)18)11(6-2)15-14(16)19/h9H,5-8H2,1-4H3,(H,17,18). The van der Waals surface area contributed by atoms with Crippen LogP contribution in [0.3, 0.4) is 0 Å². The van der Waals surface area contributed by atoms with Gasteiger partial charge in [-0.05, 0) is 26.2 Å². The Hall–Kier alpha value is -1.65. The summed E-state index contributed by atoms with van der Waals surface area (Å²) in [6, 6.07) is 0.0356. The lowest BCUT2D eigenvalue weighted by molar-refractivity contribution is -0.136. The van der Waals surface area contributed by atoms with Gasteiger partial charge in [0.25, 0.3) is 0 Å². The van der Waals surface area contributed by atoms with Gasteiger partial charge in [-0.3, -0.25) is 9.36 Å². The monoisotopic (exact) mass is 266 g/mol. The van der Waals surface area contributed by atoms with Crippen LogP contribution >= 0.6 is 0 Å². The topological polar surface area (TPSA) is 72.2 Å². The molecule has 106 valence electrons. The molecule has 19 heavy (non-hydrogen) atoms. The minimum atomic E-state index is -0.888. The van der Waals surface area contributed by atoms with E-state index in [1.807, 2.05) is 27.7 Å². The highest BCUT2D eigenvalue weighted by molar-refractivity contribution is 5.71. The number of carboxylic acid groups (broad SMARTS) is 1. The third-order valence-electron chi connectivity index (χ3n) is 3.45. The van der Waals surface area contributed by atoms with Gasteiger partial charge >= 0.3 is 11.7 Å². The first-order chi connectivity index (χ1) is 8.96. The van der Waals surface area contributed by atoms with Gasteiger partial charge in [0.05, 0.1) is 12.1 Å². The van der Waals surface area contributed by atoms with Crippen LogP contribution in [0, 0.1) is 0 Å². The molecule has 1 heterocycles. The molecule has 0 aromatic carbocycles. The Morgan fingerprint density at radius 1 is 1.32 bits per heavy atom. The molecule has 0 aliphatic carbocycles. The molecule has 0 fully saturated rings. The van der Waals surface area contributed by atoms with Crippen molar-refractivity contribution in [2.75, 3.05) is 0 Å². The van der Waals surface area contributed by atoms with Gasteiger partial charge in [-0.1, -0.05) is 20.8 Å². The molecule has 5 heteroatoms. The minimum Gasteiger partial charge on any atom is -0.481 e. The van der Waals surface area contributed by atoms with Crippen LogP contribution in [0.15, 0.2) is 4.79 Å². The van der Waals surface area contributed by atoms with E-state index in [-0.39, 0.29) is 18.2 Å². The molecule has 0 spiro atoms. The van der Waals surface area contributed by atoms with Crippen molar-refractivity contribution in [2.45, 2.75) is 59.4 Å². The molecule has 1 rings (SSSR count). The Bertz CT molecular complexity index is 520. The van der Waals surface area contributed by atoms with Crippen LogP contribution in [0.5, 0.6) is 0 Å². The van der Waals surface area contributed by atoms with Crippen molar-refractivity contribution >= 4 is 5.97 Å². The number of rotatable bonds is 6. The molecule has 5 nitrogen and oxygen atoms in total. The number of carbonyl (C=O) groups is 1. The summed E-state index contributed by atoms with van der Waals surface area (Å²) in [5.41, 5.74) is 1.87. The molecule has 1 N–H and O–H groups in total. The number of aliphatic carboxylic acids is 1. The highest BCUT2D eigenvalue weighted by atomic mass is 16.4. The summed E-state index contributed by atoms with van der Waals surface area (Å²) in [5.74, 6) is -0.888. The first kappa shape index (κ1) is 15.4. The molecule has 0 saturated carbocycles. The molecular weight excluding hydrogens is 244 g/mol. The molecule has 1 aromatic rings. The first-order valence-corrected chi connectivity index (χ1v) is 6.81. The second-order valence-corrected chi connectivity index (χ2v) is 4.67. The Morgan fingerprint density at radius 2 is 1.95 bits per heavy atom. The fraction of sp³-hybridized carbons (Fsp3) is 0.643. The number of aryl methyl sites for hydroxylation is 1. The summed E-state index contributed by atoms with van der Waals surface area (Å²) in [6.45, 7) is 7.79. The molecule has 0 aliphatic rings. The van der Waals surface area contributed by atoms with Gasteiger partial charge in [0.2, 0.25) is 0 Å². The summed E-state index contributed by atoms with van der Waals surface area (Å²) >= 11 is 0. The Kier molecular flexibility index (Phi) is 5.27. The van der Waals surface area contributed by atoms with Crippen LogP contribution in [0.2, 0.25) is 0 Å². The fourth-order valence-corrected chi connectivity index (χ4v) is 2.33. The van der Waals surface area contributed by atoms with E-state index < -0.39 is 5.97 Å². The van der Waals surface area contributed by atoms with Gasteiger partial charge in [-0.25, -0.2) is 4.79 Å². The van der Waals surface area contributed by atoms with E-state index in [0.717, 1.165) is 12.1 Å². The minimum absolute atomic E-state index is 0.0356. The first-order valence-electron chi connectivity index (χ1n) is 6.81. The van der Waals surface area contributed by atoms with Gasteiger partial charge in [-0.2, -0.15) is 4.98 Å². The van der Waals surface area contributed by atoms with Crippen LogP contribution < -0.4 is 5.69 Å². The lowest BCUT2D eigenvalue weighted by Crippen LogP contribution is -2.32. The molecule has 0 bridgehead atoms. The molecule has 1 atom stereocenters. The summed E-state index contributed by atoms with van der Waals surface area (Å²) in [5, 5.41) is 9.05. The van der Waals surface area contributed by atoms with Gasteiger partial charge < -0.3 is 5.11 Å². The summed E-state index contributed by atoms with van der Waals surface area (Å²) in [6.07, 6.45) is 1.95. The van der Waals surface area contributed by atoms with Crippen LogP contribution in [-0.2, 0) is 24.1 Å². The van der Waals surface area contributed by atoms with Crippen LogP contribution in [0.4, 0.5) is 0 Å². The van der Waals surface area contributed by atoms with E-state index in [1.165, 1.54) is 0 Å². The molecule has 0 aliphatic heterocycles. The maximum atomic E-state index is 12.1. The van der Waals surface area contributed by atoms with E-state index >= 15 is 0 Å². The Morgan fingerprint density at radius 3 is 2.37 bits per heavy atom. The van der Waals surface area contributed by atoms with Crippen molar-refractivity contribution in [3.63, 3.8) is 0 Å². The van der Waals surface area contributed by atoms with Crippen LogP contribution in [0.25, 0.3) is 0 Å². The zero-order valence-corrected chi connectivity index (χ0v) is 12.1. The number of aromatic nitrogens is 2. The predicted octanol–water partition coefficient (Wildman–Crippen LogP) is 1.97. The van der Waals surface area contributed by atoms with Crippen LogP contribution in [-0.4, -0.2) is 20.6 Å². The van der Waals surface area contributed by atoms with Crippen molar-refractivity contribution in [3.05, 3.63) is 27.4 Å². The molecule has 0 radical (unpaired) electrons. The van der Waals surface area contributed by atoms with E-state index in [9.17, 15) is 9.59 Å².